The van der Waals surface area contributed by atoms with Crippen LogP contribution in [0.15, 0.2) is 11.6 Å². The van der Waals surface area contributed by atoms with Crippen LogP contribution in [-0.4, -0.2) is 25.3 Å². The first kappa shape index (κ1) is 17.5. The summed E-state index contributed by atoms with van der Waals surface area (Å²) >= 11 is 0. The van der Waals surface area contributed by atoms with Crippen LogP contribution in [0.3, 0.4) is 0 Å². The Morgan fingerprint density at radius 3 is 1.78 bits per heavy atom. The lowest BCUT2D eigenvalue weighted by Gasteiger charge is -2.19. The summed E-state index contributed by atoms with van der Waals surface area (Å²) in [6, 6.07) is 0. The lowest BCUT2D eigenvalue weighted by Crippen LogP contribution is -2.37. The Hall–Kier alpha value is -0.530. The third kappa shape index (κ3) is 4.29. The van der Waals surface area contributed by atoms with Crippen molar-refractivity contribution < 1.29 is 40.0 Å². The van der Waals surface area contributed by atoms with Crippen molar-refractivity contribution in [1.82, 2.24) is 0 Å². The highest BCUT2D eigenvalue weighted by molar-refractivity contribution is 7.57. The van der Waals surface area contributed by atoms with Gasteiger partial charge in [-0.3, -0.25) is 4.57 Å². The second-order valence-corrected chi connectivity index (χ2v) is 4.78. The Morgan fingerprint density at radius 2 is 1.50 bits per heavy atom. The monoisotopic (exact) mass is 300 g/mol. The molecule has 0 aliphatic carbocycles. The van der Waals surface area contributed by atoms with Crippen molar-refractivity contribution in [3.8, 4) is 0 Å². The molecule has 0 aromatic rings. The summed E-state index contributed by atoms with van der Waals surface area (Å²) in [5, 5.41) is 0. The van der Waals surface area contributed by atoms with Gasteiger partial charge in [0.1, 0.15) is 0 Å². The minimum absolute atomic E-state index is 0.307. The smallest absolute Gasteiger partial charge is 0.306 e. The predicted octanol–water partition coefficient (Wildman–Crippen LogP) is 4.26. The molecule has 0 aliphatic heterocycles. The summed E-state index contributed by atoms with van der Waals surface area (Å²) in [7, 11) is -4.46. The van der Waals surface area contributed by atoms with Crippen molar-refractivity contribution in [3.63, 3.8) is 0 Å². The van der Waals surface area contributed by atoms with Crippen molar-refractivity contribution in [3.05, 3.63) is 11.6 Å². The van der Waals surface area contributed by atoms with Crippen molar-refractivity contribution in [2.24, 2.45) is 0 Å². The summed E-state index contributed by atoms with van der Waals surface area (Å²) in [6.45, 7) is 1.97. The van der Waals surface area contributed by atoms with E-state index < -0.39 is 31.3 Å². The second-order valence-electron chi connectivity index (χ2n) is 2.92. The molecule has 0 amide bonds. The van der Waals surface area contributed by atoms with E-state index in [1.54, 1.807) is 0 Å². The zero-order valence-electron chi connectivity index (χ0n) is 9.43. The number of allylic oxidation sites excluding steroid dienone is 1. The summed E-state index contributed by atoms with van der Waals surface area (Å²) in [4.78, 5) is 0. The van der Waals surface area contributed by atoms with Crippen LogP contribution < -0.4 is 0 Å². The Kier molecular flexibility index (Phi) is 5.90. The van der Waals surface area contributed by atoms with Gasteiger partial charge in [0.25, 0.3) is 0 Å². The number of hydrogen-bond donors (Lipinski definition) is 0. The maximum atomic E-state index is 12.9. The molecule has 0 fully saturated rings. The molecule has 0 bridgehead atoms. The quantitative estimate of drug-likeness (QED) is 0.543. The van der Waals surface area contributed by atoms with Crippen LogP contribution in [0.1, 0.15) is 13.8 Å². The summed E-state index contributed by atoms with van der Waals surface area (Å²) in [5.74, 6) is -9.11. The SMILES string of the molecule is CCOP(=O)(/C=C(\F)C(F)(F)C(F)(F)F)OCC. The summed E-state index contributed by atoms with van der Waals surface area (Å²) in [6.07, 6.45) is -6.13. The molecule has 0 saturated heterocycles. The van der Waals surface area contributed by atoms with Gasteiger partial charge in [0.05, 0.1) is 19.0 Å². The average Bonchev–Trinajstić information content (AvgIpc) is 2.15. The van der Waals surface area contributed by atoms with E-state index >= 15 is 0 Å². The second kappa shape index (κ2) is 6.08. The number of alkyl halides is 5. The van der Waals surface area contributed by atoms with E-state index in [4.69, 9.17) is 0 Å². The molecule has 0 unspecified atom stereocenters. The van der Waals surface area contributed by atoms with Crippen LogP contribution >= 0.6 is 7.60 Å². The molecule has 3 nitrogen and oxygen atoms in total. The first-order valence-corrected chi connectivity index (χ1v) is 6.33. The molecule has 0 aliphatic rings. The molecular weight excluding hydrogens is 289 g/mol. The highest BCUT2D eigenvalue weighted by Crippen LogP contribution is 2.53. The fourth-order valence-corrected chi connectivity index (χ4v) is 2.21. The Balaban J connectivity index is 5.33. The molecule has 0 spiro atoms. The van der Waals surface area contributed by atoms with Crippen LogP contribution in [0.25, 0.3) is 0 Å². The highest BCUT2D eigenvalue weighted by atomic mass is 31.2. The third-order valence-electron chi connectivity index (χ3n) is 1.55. The Morgan fingerprint density at radius 1 is 1.11 bits per heavy atom. The minimum atomic E-state index is -6.13. The normalized spacial score (nSPS) is 15.0. The zero-order chi connectivity index (χ0) is 14.6. The van der Waals surface area contributed by atoms with Crippen LogP contribution in [0.2, 0.25) is 0 Å². The van der Waals surface area contributed by atoms with Gasteiger partial charge >= 0.3 is 19.7 Å². The van der Waals surface area contributed by atoms with Gasteiger partial charge in [-0.05, 0) is 13.8 Å². The lowest BCUT2D eigenvalue weighted by molar-refractivity contribution is -0.270. The van der Waals surface area contributed by atoms with Crippen molar-refractivity contribution >= 4 is 7.60 Å². The maximum absolute atomic E-state index is 12.9. The fourth-order valence-electron chi connectivity index (χ4n) is 0.827. The van der Waals surface area contributed by atoms with Crippen molar-refractivity contribution in [1.29, 1.82) is 0 Å². The first-order valence-electron chi connectivity index (χ1n) is 4.72. The molecule has 0 atom stereocenters. The number of hydrogen-bond acceptors (Lipinski definition) is 3. The lowest BCUT2D eigenvalue weighted by atomic mass is 10.3. The molecule has 18 heavy (non-hydrogen) atoms. The molecular formula is C8H11F6O3P. The Labute approximate surface area is 99.3 Å². The Bertz CT molecular complexity index is 341. The van der Waals surface area contributed by atoms with E-state index in [9.17, 15) is 30.9 Å². The predicted molar refractivity (Wildman–Crippen MR) is 51.1 cm³/mol. The summed E-state index contributed by atoms with van der Waals surface area (Å²) < 4.78 is 93.7. The average molecular weight is 300 g/mol. The molecule has 108 valence electrons. The zero-order valence-corrected chi connectivity index (χ0v) is 10.3. The van der Waals surface area contributed by atoms with Gasteiger partial charge < -0.3 is 9.05 Å². The van der Waals surface area contributed by atoms with Crippen molar-refractivity contribution in [2.45, 2.75) is 25.9 Å². The van der Waals surface area contributed by atoms with Gasteiger partial charge in [-0.25, -0.2) is 4.39 Å². The molecule has 0 rings (SSSR count). The first-order chi connectivity index (χ1) is 8.00. The van der Waals surface area contributed by atoms with Gasteiger partial charge in [0.2, 0.25) is 0 Å². The fraction of sp³-hybridized carbons (Fsp3) is 0.750. The van der Waals surface area contributed by atoms with Gasteiger partial charge in [0.15, 0.2) is 5.83 Å². The van der Waals surface area contributed by atoms with E-state index in [2.05, 4.69) is 9.05 Å². The van der Waals surface area contributed by atoms with Crippen LogP contribution in [0.4, 0.5) is 26.3 Å². The van der Waals surface area contributed by atoms with Gasteiger partial charge in [-0.2, -0.15) is 22.0 Å². The largest absolute Gasteiger partial charge is 0.460 e. The van der Waals surface area contributed by atoms with E-state index in [-0.39, 0.29) is 13.2 Å². The topological polar surface area (TPSA) is 35.5 Å². The maximum Gasteiger partial charge on any atom is 0.460 e. The molecule has 0 heterocycles. The summed E-state index contributed by atoms with van der Waals surface area (Å²) in [5.41, 5.74) is 0. The molecule has 0 radical (unpaired) electrons. The van der Waals surface area contributed by atoms with E-state index in [0.29, 0.717) is 0 Å². The van der Waals surface area contributed by atoms with Gasteiger partial charge in [-0.15, -0.1) is 0 Å². The standard InChI is InChI=1S/C8H11F6O3P/c1-3-16-18(15,17-4-2)5-6(9)7(10,11)8(12,13)14/h5H,3-4H2,1-2H3/b6-5-. The van der Waals surface area contributed by atoms with E-state index in [0.717, 1.165) is 0 Å². The van der Waals surface area contributed by atoms with Crippen molar-refractivity contribution in [2.75, 3.05) is 13.2 Å². The molecule has 10 heteroatoms. The number of halogens is 6. The number of rotatable bonds is 6. The van der Waals surface area contributed by atoms with Gasteiger partial charge in [-0.1, -0.05) is 0 Å². The molecule has 0 aromatic carbocycles. The van der Waals surface area contributed by atoms with E-state index in [1.165, 1.54) is 13.8 Å². The van der Waals surface area contributed by atoms with E-state index in [1.807, 2.05) is 0 Å². The van der Waals surface area contributed by atoms with Crippen LogP contribution in [-0.2, 0) is 13.6 Å². The highest BCUT2D eigenvalue weighted by Gasteiger charge is 2.61. The third-order valence-corrected chi connectivity index (χ3v) is 3.32. The van der Waals surface area contributed by atoms with Crippen LogP contribution in [0.5, 0.6) is 0 Å². The molecule has 0 saturated carbocycles. The van der Waals surface area contributed by atoms with Crippen LogP contribution in [0, 0.1) is 0 Å². The minimum Gasteiger partial charge on any atom is -0.306 e. The molecule has 0 N–H and O–H groups in total. The van der Waals surface area contributed by atoms with Gasteiger partial charge in [0, 0.05) is 0 Å². The molecule has 0 aromatic heterocycles.